The summed E-state index contributed by atoms with van der Waals surface area (Å²) >= 11 is 5.94. The quantitative estimate of drug-likeness (QED) is 0.758. The van der Waals surface area contributed by atoms with Crippen LogP contribution < -0.4 is 5.32 Å². The summed E-state index contributed by atoms with van der Waals surface area (Å²) in [6.07, 6.45) is -1.63. The third-order valence-electron chi connectivity index (χ3n) is 2.72. The Morgan fingerprint density at radius 3 is 2.65 bits per heavy atom. The Hall–Kier alpha value is -0.680. The van der Waals surface area contributed by atoms with E-state index in [1.807, 2.05) is 0 Å². The summed E-state index contributed by atoms with van der Waals surface area (Å²) in [5, 5.41) is 22.7. The molecule has 0 aliphatic rings. The molecule has 0 aliphatic carbocycles. The van der Waals surface area contributed by atoms with Crippen molar-refractivity contribution in [3.05, 3.63) is 34.1 Å². The highest BCUT2D eigenvalue weighted by Crippen LogP contribution is 2.30. The molecule has 0 fully saturated rings. The van der Waals surface area contributed by atoms with Crippen molar-refractivity contribution in [2.45, 2.75) is 25.6 Å². The van der Waals surface area contributed by atoms with E-state index in [1.54, 1.807) is 7.05 Å². The number of aliphatic hydroxyl groups excluding tert-OH is 2. The highest BCUT2D eigenvalue weighted by molar-refractivity contribution is 6.32. The Morgan fingerprint density at radius 1 is 1.41 bits per heavy atom. The Morgan fingerprint density at radius 2 is 2.06 bits per heavy atom. The Balaban J connectivity index is 2.89. The lowest BCUT2D eigenvalue weighted by Gasteiger charge is -2.20. The molecule has 0 saturated carbocycles. The van der Waals surface area contributed by atoms with E-state index in [1.165, 1.54) is 19.1 Å². The molecule has 3 N–H and O–H groups in total. The van der Waals surface area contributed by atoms with Crippen LogP contribution in [0.3, 0.4) is 0 Å². The highest BCUT2D eigenvalue weighted by Gasteiger charge is 2.21. The molecular weight excluding hydrogens is 245 g/mol. The van der Waals surface area contributed by atoms with Crippen molar-refractivity contribution in [1.29, 1.82) is 0 Å². The monoisotopic (exact) mass is 261 g/mol. The first-order chi connectivity index (χ1) is 7.99. The van der Waals surface area contributed by atoms with Gasteiger partial charge in [-0.3, -0.25) is 0 Å². The van der Waals surface area contributed by atoms with Gasteiger partial charge >= 0.3 is 0 Å². The molecular formula is C12H17ClFNO2. The molecule has 3 nitrogen and oxygen atoms in total. The number of rotatable bonds is 5. The summed E-state index contributed by atoms with van der Waals surface area (Å²) < 4.78 is 13.2. The van der Waals surface area contributed by atoms with Gasteiger partial charge in [-0.2, -0.15) is 0 Å². The molecule has 0 amide bonds. The summed E-state index contributed by atoms with van der Waals surface area (Å²) in [7, 11) is 1.76. The fraction of sp³-hybridized carbons (Fsp3) is 0.500. The van der Waals surface area contributed by atoms with E-state index in [0.717, 1.165) is 0 Å². The summed E-state index contributed by atoms with van der Waals surface area (Å²) in [5.41, 5.74) is 0.637. The first-order valence-corrected chi connectivity index (χ1v) is 5.82. The summed E-state index contributed by atoms with van der Waals surface area (Å²) in [4.78, 5) is 0. The van der Waals surface area contributed by atoms with Crippen LogP contribution in [0.15, 0.2) is 12.1 Å². The lowest BCUT2D eigenvalue weighted by atomic mass is 10.00. The van der Waals surface area contributed by atoms with Gasteiger partial charge in [0.05, 0.1) is 11.1 Å². The molecule has 1 rings (SSSR count). The third kappa shape index (κ3) is 3.39. The number of halogens is 2. The lowest BCUT2D eigenvalue weighted by molar-refractivity contribution is 0.0140. The minimum Gasteiger partial charge on any atom is -0.390 e. The van der Waals surface area contributed by atoms with Gasteiger partial charge in [0, 0.05) is 11.1 Å². The van der Waals surface area contributed by atoms with Crippen LogP contribution in [0.25, 0.3) is 0 Å². The minimum atomic E-state index is -1.10. The van der Waals surface area contributed by atoms with Crippen molar-refractivity contribution < 1.29 is 14.6 Å². The van der Waals surface area contributed by atoms with Crippen molar-refractivity contribution in [3.8, 4) is 0 Å². The van der Waals surface area contributed by atoms with Gasteiger partial charge in [0.1, 0.15) is 11.9 Å². The van der Waals surface area contributed by atoms with E-state index in [9.17, 15) is 14.6 Å². The van der Waals surface area contributed by atoms with Crippen LogP contribution in [-0.2, 0) is 0 Å². The minimum absolute atomic E-state index is 0.168. The number of benzene rings is 1. The third-order valence-corrected chi connectivity index (χ3v) is 3.23. The van der Waals surface area contributed by atoms with Crippen LogP contribution in [-0.4, -0.2) is 29.9 Å². The standard InChI is InChI=1S/C12H17ClFNO2/c1-7-9(14)4-3-8(11(7)13)12(17)10(16)5-6-15-2/h3-4,10,12,15-17H,5-6H2,1-2H3. The Kier molecular flexibility index (Phi) is 5.33. The van der Waals surface area contributed by atoms with E-state index in [-0.39, 0.29) is 10.6 Å². The molecule has 0 aromatic heterocycles. The van der Waals surface area contributed by atoms with E-state index in [0.29, 0.717) is 18.5 Å². The maximum absolute atomic E-state index is 13.2. The van der Waals surface area contributed by atoms with Gasteiger partial charge in [-0.05, 0) is 33.0 Å². The van der Waals surface area contributed by atoms with Crippen LogP contribution in [0.2, 0.25) is 5.02 Å². The predicted molar refractivity (Wildman–Crippen MR) is 65.7 cm³/mol. The summed E-state index contributed by atoms with van der Waals surface area (Å²) in [6, 6.07) is 2.64. The van der Waals surface area contributed by atoms with Crippen molar-refractivity contribution in [3.63, 3.8) is 0 Å². The van der Waals surface area contributed by atoms with Gasteiger partial charge in [0.2, 0.25) is 0 Å². The molecule has 5 heteroatoms. The van der Waals surface area contributed by atoms with Gasteiger partial charge in [0.25, 0.3) is 0 Å². The van der Waals surface area contributed by atoms with Crippen molar-refractivity contribution >= 4 is 11.6 Å². The zero-order valence-electron chi connectivity index (χ0n) is 9.87. The van der Waals surface area contributed by atoms with Gasteiger partial charge in [-0.1, -0.05) is 17.7 Å². The predicted octanol–water partition coefficient (Wildman–Crippen LogP) is 1.79. The first kappa shape index (κ1) is 14.4. The molecule has 0 saturated heterocycles. The largest absolute Gasteiger partial charge is 0.390 e. The van der Waals surface area contributed by atoms with Crippen LogP contribution in [0.5, 0.6) is 0 Å². The molecule has 0 radical (unpaired) electrons. The molecule has 2 atom stereocenters. The maximum Gasteiger partial charge on any atom is 0.127 e. The second-order valence-electron chi connectivity index (χ2n) is 3.98. The fourth-order valence-corrected chi connectivity index (χ4v) is 1.83. The highest BCUT2D eigenvalue weighted by atomic mass is 35.5. The smallest absolute Gasteiger partial charge is 0.127 e. The van der Waals surface area contributed by atoms with E-state index < -0.39 is 18.0 Å². The normalized spacial score (nSPS) is 14.7. The second kappa shape index (κ2) is 6.31. The zero-order valence-corrected chi connectivity index (χ0v) is 10.6. The molecule has 1 aromatic carbocycles. The molecule has 0 heterocycles. The summed E-state index contributed by atoms with van der Waals surface area (Å²) in [5.74, 6) is -0.421. The molecule has 0 aliphatic heterocycles. The van der Waals surface area contributed by atoms with Crippen LogP contribution >= 0.6 is 11.6 Å². The van der Waals surface area contributed by atoms with Crippen molar-refractivity contribution in [2.24, 2.45) is 0 Å². The molecule has 96 valence electrons. The molecule has 0 bridgehead atoms. The SMILES string of the molecule is CNCCC(O)C(O)c1ccc(F)c(C)c1Cl. The average Bonchev–Trinajstić information content (AvgIpc) is 2.32. The summed E-state index contributed by atoms with van der Waals surface area (Å²) in [6.45, 7) is 2.11. The lowest BCUT2D eigenvalue weighted by Crippen LogP contribution is -2.23. The van der Waals surface area contributed by atoms with Gasteiger partial charge in [-0.15, -0.1) is 0 Å². The van der Waals surface area contributed by atoms with Crippen LogP contribution in [0, 0.1) is 12.7 Å². The topological polar surface area (TPSA) is 52.5 Å². The van der Waals surface area contributed by atoms with E-state index in [4.69, 9.17) is 11.6 Å². The number of hydrogen-bond donors (Lipinski definition) is 3. The van der Waals surface area contributed by atoms with Gasteiger partial charge < -0.3 is 15.5 Å². The Labute approximate surface area is 105 Å². The van der Waals surface area contributed by atoms with Crippen molar-refractivity contribution in [1.82, 2.24) is 5.32 Å². The Bertz CT molecular complexity index is 387. The molecule has 1 aromatic rings. The van der Waals surface area contributed by atoms with Crippen LogP contribution in [0.4, 0.5) is 4.39 Å². The van der Waals surface area contributed by atoms with Crippen LogP contribution in [0.1, 0.15) is 23.7 Å². The van der Waals surface area contributed by atoms with Crippen molar-refractivity contribution in [2.75, 3.05) is 13.6 Å². The number of aliphatic hydroxyl groups is 2. The molecule has 2 unspecified atom stereocenters. The van der Waals surface area contributed by atoms with Gasteiger partial charge in [-0.25, -0.2) is 4.39 Å². The zero-order chi connectivity index (χ0) is 13.0. The number of hydrogen-bond acceptors (Lipinski definition) is 3. The van der Waals surface area contributed by atoms with Gasteiger partial charge in [0.15, 0.2) is 0 Å². The van der Waals surface area contributed by atoms with E-state index in [2.05, 4.69) is 5.32 Å². The number of nitrogens with one attached hydrogen (secondary N) is 1. The second-order valence-corrected chi connectivity index (χ2v) is 4.36. The van der Waals surface area contributed by atoms with E-state index >= 15 is 0 Å². The first-order valence-electron chi connectivity index (χ1n) is 5.44. The average molecular weight is 262 g/mol. The fourth-order valence-electron chi connectivity index (χ4n) is 1.57. The molecule has 17 heavy (non-hydrogen) atoms. The molecule has 0 spiro atoms. The maximum atomic E-state index is 13.2.